The molecule has 0 spiro atoms. The normalized spacial score (nSPS) is 11.5. The first kappa shape index (κ1) is 16.7. The Balaban J connectivity index is 1.99. The summed E-state index contributed by atoms with van der Waals surface area (Å²) in [6.45, 7) is 1.34. The zero-order valence-electron chi connectivity index (χ0n) is 12.9. The number of carbonyl (C=O) groups excluding carboxylic acids is 1. The summed E-state index contributed by atoms with van der Waals surface area (Å²) in [5.41, 5.74) is -1.33. The first-order valence-electron chi connectivity index (χ1n) is 7.24. The van der Waals surface area contributed by atoms with Crippen LogP contribution in [0.25, 0.3) is 10.8 Å². The third-order valence-corrected chi connectivity index (χ3v) is 3.71. The van der Waals surface area contributed by atoms with Crippen molar-refractivity contribution in [2.45, 2.75) is 13.1 Å². The number of aryl methyl sites for hydroxylation is 1. The van der Waals surface area contributed by atoms with Crippen molar-refractivity contribution in [1.29, 1.82) is 0 Å². The van der Waals surface area contributed by atoms with Crippen LogP contribution >= 0.6 is 0 Å². The van der Waals surface area contributed by atoms with E-state index in [1.165, 1.54) is 25.1 Å². The summed E-state index contributed by atoms with van der Waals surface area (Å²) in [4.78, 5) is 24.1. The van der Waals surface area contributed by atoms with Crippen LogP contribution in [0.3, 0.4) is 0 Å². The number of anilines is 1. The molecule has 0 atom stereocenters. The summed E-state index contributed by atoms with van der Waals surface area (Å²) in [5, 5.41) is 8.89. The Morgan fingerprint density at radius 1 is 1.12 bits per heavy atom. The van der Waals surface area contributed by atoms with Crippen LogP contribution < -0.4 is 10.9 Å². The molecule has 3 aromatic rings. The monoisotopic (exact) mass is 347 g/mol. The topological polar surface area (TPSA) is 74.8 Å². The molecule has 0 aliphatic carbocycles. The van der Waals surface area contributed by atoms with Crippen LogP contribution in [0.4, 0.5) is 18.9 Å². The molecule has 1 heterocycles. The number of H-pyrrole nitrogens is 1. The Labute approximate surface area is 139 Å². The Hall–Kier alpha value is -3.16. The molecule has 5 nitrogen and oxygen atoms in total. The van der Waals surface area contributed by atoms with E-state index in [1.54, 1.807) is 18.2 Å². The molecule has 0 unspecified atom stereocenters. The van der Waals surface area contributed by atoms with Crippen LogP contribution in [-0.2, 0) is 6.18 Å². The van der Waals surface area contributed by atoms with Crippen LogP contribution in [0.5, 0.6) is 0 Å². The molecule has 2 aromatic carbocycles. The van der Waals surface area contributed by atoms with Gasteiger partial charge in [0.2, 0.25) is 0 Å². The second kappa shape index (κ2) is 6.04. The highest BCUT2D eigenvalue weighted by atomic mass is 19.4. The Kier molecular flexibility index (Phi) is 4.03. The Morgan fingerprint density at radius 2 is 1.80 bits per heavy atom. The van der Waals surface area contributed by atoms with Gasteiger partial charge in [-0.2, -0.15) is 18.3 Å². The number of rotatable bonds is 2. The maximum Gasteiger partial charge on any atom is 0.416 e. The van der Waals surface area contributed by atoms with Gasteiger partial charge in [0.05, 0.1) is 10.9 Å². The number of nitrogens with zero attached hydrogens (tertiary/aromatic N) is 1. The highest BCUT2D eigenvalue weighted by Gasteiger charge is 2.32. The lowest BCUT2D eigenvalue weighted by Crippen LogP contribution is -2.19. The van der Waals surface area contributed by atoms with E-state index in [4.69, 9.17) is 0 Å². The molecule has 1 amide bonds. The van der Waals surface area contributed by atoms with Gasteiger partial charge in [-0.3, -0.25) is 9.59 Å². The number of aromatic amines is 1. The minimum atomic E-state index is -4.52. The quantitative estimate of drug-likeness (QED) is 0.745. The molecule has 0 fully saturated rings. The minimum absolute atomic E-state index is 0.0139. The molecule has 2 N–H and O–H groups in total. The van der Waals surface area contributed by atoms with Crippen LogP contribution in [0.1, 0.15) is 21.6 Å². The van der Waals surface area contributed by atoms with Gasteiger partial charge in [-0.05, 0) is 30.7 Å². The molecule has 25 heavy (non-hydrogen) atoms. The average molecular weight is 347 g/mol. The number of halogens is 3. The van der Waals surface area contributed by atoms with Crippen molar-refractivity contribution in [1.82, 2.24) is 10.2 Å². The van der Waals surface area contributed by atoms with Gasteiger partial charge in [0.25, 0.3) is 11.5 Å². The molecule has 8 heteroatoms. The van der Waals surface area contributed by atoms with Crippen molar-refractivity contribution in [3.05, 3.63) is 69.6 Å². The Bertz CT molecular complexity index is 1030. The van der Waals surface area contributed by atoms with Gasteiger partial charge >= 0.3 is 6.18 Å². The van der Waals surface area contributed by atoms with E-state index in [2.05, 4.69) is 15.5 Å². The predicted octanol–water partition coefficient (Wildman–Crippen LogP) is 3.50. The van der Waals surface area contributed by atoms with Crippen LogP contribution in [-0.4, -0.2) is 16.1 Å². The van der Waals surface area contributed by atoms with Gasteiger partial charge < -0.3 is 5.32 Å². The minimum Gasteiger partial charge on any atom is -0.321 e. The predicted molar refractivity (Wildman–Crippen MR) is 86.5 cm³/mol. The first-order chi connectivity index (χ1) is 11.8. The highest BCUT2D eigenvalue weighted by Crippen LogP contribution is 2.33. The molecule has 3 rings (SSSR count). The smallest absolute Gasteiger partial charge is 0.321 e. The molecule has 0 bridgehead atoms. The number of amides is 1. The lowest BCUT2D eigenvalue weighted by molar-refractivity contribution is -0.138. The molecule has 0 saturated carbocycles. The number of carbonyl (C=O) groups is 1. The molecular weight excluding hydrogens is 335 g/mol. The van der Waals surface area contributed by atoms with Gasteiger partial charge in [0, 0.05) is 11.1 Å². The van der Waals surface area contributed by atoms with Crippen molar-refractivity contribution in [3.8, 4) is 0 Å². The average Bonchev–Trinajstić information content (AvgIpc) is 2.56. The molecule has 0 aliphatic rings. The van der Waals surface area contributed by atoms with E-state index in [0.29, 0.717) is 5.39 Å². The van der Waals surface area contributed by atoms with Gasteiger partial charge in [-0.1, -0.05) is 24.3 Å². The molecule has 0 radical (unpaired) electrons. The lowest BCUT2D eigenvalue weighted by Gasteiger charge is -2.13. The van der Waals surface area contributed by atoms with Gasteiger partial charge in [-0.25, -0.2) is 5.10 Å². The third-order valence-electron chi connectivity index (χ3n) is 3.71. The van der Waals surface area contributed by atoms with E-state index < -0.39 is 23.2 Å². The largest absolute Gasteiger partial charge is 0.416 e. The Morgan fingerprint density at radius 3 is 2.48 bits per heavy atom. The number of hydrogen-bond acceptors (Lipinski definition) is 3. The molecular formula is C17H12F3N3O2. The van der Waals surface area contributed by atoms with E-state index >= 15 is 0 Å². The van der Waals surface area contributed by atoms with E-state index in [1.807, 2.05) is 0 Å². The fourth-order valence-corrected chi connectivity index (χ4v) is 2.48. The van der Waals surface area contributed by atoms with Gasteiger partial charge in [-0.15, -0.1) is 0 Å². The highest BCUT2D eigenvalue weighted by molar-refractivity contribution is 6.11. The fraction of sp³-hybridized carbons (Fsp3) is 0.118. The number of aromatic nitrogens is 2. The summed E-state index contributed by atoms with van der Waals surface area (Å²) in [7, 11) is 0. The standard InChI is InChI=1S/C17H12F3N3O2/c1-9-6-7-10(8-13(9)17(18,19)20)21-16(25)14-11-4-2-3-5-12(11)15(24)23-22-14/h2-8H,1H3,(H,21,25)(H,23,24). The second-order valence-electron chi connectivity index (χ2n) is 5.43. The number of nitrogens with one attached hydrogen (secondary N) is 2. The van der Waals surface area contributed by atoms with Crippen molar-refractivity contribution in [3.63, 3.8) is 0 Å². The molecule has 0 aliphatic heterocycles. The van der Waals surface area contributed by atoms with Crippen molar-refractivity contribution < 1.29 is 18.0 Å². The van der Waals surface area contributed by atoms with E-state index in [-0.39, 0.29) is 22.3 Å². The van der Waals surface area contributed by atoms with Crippen molar-refractivity contribution >= 4 is 22.4 Å². The van der Waals surface area contributed by atoms with Gasteiger partial charge in [0.15, 0.2) is 5.69 Å². The number of fused-ring (bicyclic) bond motifs is 1. The van der Waals surface area contributed by atoms with Gasteiger partial charge in [0.1, 0.15) is 0 Å². The SMILES string of the molecule is Cc1ccc(NC(=O)c2n[nH]c(=O)c3ccccc23)cc1C(F)(F)F. The number of alkyl halides is 3. The van der Waals surface area contributed by atoms with Crippen LogP contribution in [0, 0.1) is 6.92 Å². The van der Waals surface area contributed by atoms with Crippen molar-refractivity contribution in [2.24, 2.45) is 0 Å². The summed E-state index contributed by atoms with van der Waals surface area (Å²) >= 11 is 0. The van der Waals surface area contributed by atoms with Crippen LogP contribution in [0.15, 0.2) is 47.3 Å². The molecule has 128 valence electrons. The molecule has 0 saturated heterocycles. The van der Waals surface area contributed by atoms with Crippen LogP contribution in [0.2, 0.25) is 0 Å². The zero-order valence-corrected chi connectivity index (χ0v) is 12.9. The van der Waals surface area contributed by atoms with E-state index in [0.717, 1.165) is 6.07 Å². The summed E-state index contributed by atoms with van der Waals surface area (Å²) in [6.07, 6.45) is -4.52. The summed E-state index contributed by atoms with van der Waals surface area (Å²) in [6, 6.07) is 9.85. The fourth-order valence-electron chi connectivity index (χ4n) is 2.48. The third kappa shape index (κ3) is 3.23. The number of hydrogen-bond donors (Lipinski definition) is 2. The maximum atomic E-state index is 13.0. The maximum absolute atomic E-state index is 13.0. The van der Waals surface area contributed by atoms with E-state index in [9.17, 15) is 22.8 Å². The zero-order chi connectivity index (χ0) is 18.2. The molecule has 1 aromatic heterocycles. The second-order valence-corrected chi connectivity index (χ2v) is 5.43. The number of benzene rings is 2. The first-order valence-corrected chi connectivity index (χ1v) is 7.24. The summed E-state index contributed by atoms with van der Waals surface area (Å²) in [5.74, 6) is -0.718. The lowest BCUT2D eigenvalue weighted by atomic mass is 10.1. The summed E-state index contributed by atoms with van der Waals surface area (Å²) < 4.78 is 38.9. The van der Waals surface area contributed by atoms with Crippen molar-refractivity contribution in [2.75, 3.05) is 5.32 Å².